The standard InChI is InChI=1S/C44H50N6O7/c1-30-6-11-36(48)39(22-30)54-18-15-49(16-19-55-40-23-31(2)7-12-38(40)50-28-44(50,29-52)14-17-51)37-13-9-32(24-41(37)56-21-20-53-5)8-10-35-34(27-47)42(33(25-45)26-46)57-43(35,3)4/h6-13,22-24,51-52H,14-21,28-29,48H2,1-5H3/b10-8+. The van der Waals surface area contributed by atoms with E-state index in [2.05, 4.69) is 15.9 Å². The van der Waals surface area contributed by atoms with Crippen molar-refractivity contribution in [2.24, 2.45) is 0 Å². The zero-order valence-electron chi connectivity index (χ0n) is 33.2. The van der Waals surface area contributed by atoms with Gasteiger partial charge in [0.05, 0.1) is 48.9 Å². The van der Waals surface area contributed by atoms with Crippen molar-refractivity contribution in [1.82, 2.24) is 0 Å². The molecule has 0 saturated carbocycles. The molecule has 2 aliphatic heterocycles. The van der Waals surface area contributed by atoms with E-state index in [1.807, 2.05) is 86.7 Å². The van der Waals surface area contributed by atoms with E-state index >= 15 is 0 Å². The predicted molar refractivity (Wildman–Crippen MR) is 218 cm³/mol. The van der Waals surface area contributed by atoms with Gasteiger partial charge in [-0.15, -0.1) is 0 Å². The Bertz CT molecular complexity index is 2140. The molecule has 1 saturated heterocycles. The summed E-state index contributed by atoms with van der Waals surface area (Å²) in [6.45, 7) is 10.2. The maximum absolute atomic E-state index is 10.2. The van der Waals surface area contributed by atoms with Crippen LogP contribution in [0, 0.1) is 47.8 Å². The van der Waals surface area contributed by atoms with Crippen molar-refractivity contribution in [3.8, 4) is 35.5 Å². The van der Waals surface area contributed by atoms with Gasteiger partial charge in [0.1, 0.15) is 66.5 Å². The van der Waals surface area contributed by atoms with Gasteiger partial charge in [0, 0.05) is 25.8 Å². The Morgan fingerprint density at radius 1 is 0.877 bits per heavy atom. The Labute approximate surface area is 334 Å². The van der Waals surface area contributed by atoms with Crippen LogP contribution in [0.2, 0.25) is 0 Å². The number of aliphatic hydroxyl groups is 2. The third-order valence-electron chi connectivity index (χ3n) is 9.98. The summed E-state index contributed by atoms with van der Waals surface area (Å²) in [6.07, 6.45) is 4.05. The van der Waals surface area contributed by atoms with Crippen LogP contribution in [-0.4, -0.2) is 87.7 Å². The fourth-order valence-electron chi connectivity index (χ4n) is 6.75. The lowest BCUT2D eigenvalue weighted by molar-refractivity contribution is 0.0954. The van der Waals surface area contributed by atoms with Crippen molar-refractivity contribution in [1.29, 1.82) is 15.8 Å². The van der Waals surface area contributed by atoms with E-state index in [-0.39, 0.29) is 36.7 Å². The van der Waals surface area contributed by atoms with E-state index in [1.54, 1.807) is 27.0 Å². The van der Waals surface area contributed by atoms with Crippen molar-refractivity contribution in [3.05, 3.63) is 99.8 Å². The molecule has 3 aromatic carbocycles. The van der Waals surface area contributed by atoms with Crippen LogP contribution in [0.15, 0.2) is 83.2 Å². The van der Waals surface area contributed by atoms with Crippen LogP contribution in [0.1, 0.15) is 37.0 Å². The minimum atomic E-state index is -0.961. The first kappa shape index (κ1) is 42.0. The fourth-order valence-corrected chi connectivity index (χ4v) is 6.75. The lowest BCUT2D eigenvalue weighted by Gasteiger charge is -2.28. The summed E-state index contributed by atoms with van der Waals surface area (Å²) in [5, 5.41) is 48.8. The van der Waals surface area contributed by atoms with Gasteiger partial charge in [-0.1, -0.05) is 30.4 Å². The normalized spacial score (nSPS) is 16.8. The molecule has 4 N–H and O–H groups in total. The van der Waals surface area contributed by atoms with E-state index < -0.39 is 11.1 Å². The molecular weight excluding hydrogens is 725 g/mol. The molecule has 0 spiro atoms. The lowest BCUT2D eigenvalue weighted by Crippen LogP contribution is -2.33. The minimum absolute atomic E-state index is 0.0245. The van der Waals surface area contributed by atoms with Crippen LogP contribution in [0.4, 0.5) is 17.1 Å². The molecule has 0 aliphatic carbocycles. The molecule has 1 atom stereocenters. The van der Waals surface area contributed by atoms with Crippen LogP contribution < -0.4 is 29.7 Å². The number of hydrogen-bond acceptors (Lipinski definition) is 13. The first-order valence-corrected chi connectivity index (χ1v) is 18.7. The van der Waals surface area contributed by atoms with Crippen molar-refractivity contribution in [3.63, 3.8) is 0 Å². The molecule has 298 valence electrons. The number of anilines is 3. The number of aryl methyl sites for hydroxylation is 2. The van der Waals surface area contributed by atoms with Crippen molar-refractivity contribution in [2.75, 3.05) is 81.9 Å². The summed E-state index contributed by atoms with van der Waals surface area (Å²) in [7, 11) is 1.60. The third kappa shape index (κ3) is 9.80. The van der Waals surface area contributed by atoms with E-state index in [1.165, 1.54) is 0 Å². The first-order valence-electron chi connectivity index (χ1n) is 18.7. The Morgan fingerprint density at radius 2 is 1.54 bits per heavy atom. The third-order valence-corrected chi connectivity index (χ3v) is 9.98. The van der Waals surface area contributed by atoms with Gasteiger partial charge in [0.15, 0.2) is 11.3 Å². The number of nitriles is 3. The maximum Gasteiger partial charge on any atom is 0.172 e. The Morgan fingerprint density at radius 3 is 2.19 bits per heavy atom. The van der Waals surface area contributed by atoms with Gasteiger partial charge >= 0.3 is 0 Å². The second kappa shape index (κ2) is 18.6. The summed E-state index contributed by atoms with van der Waals surface area (Å²) in [4.78, 5) is 4.19. The minimum Gasteiger partial charge on any atom is -0.490 e. The van der Waals surface area contributed by atoms with Gasteiger partial charge in [-0.2, -0.15) is 15.8 Å². The number of aliphatic hydroxyl groups excluding tert-OH is 2. The SMILES string of the molecule is COCCOc1cc(/C=C/C2=C(C#N)C(=C(C#N)C#N)OC2(C)C)ccc1N(CCOc1cc(C)ccc1N)CCOc1cc(C)ccc1N1CC1(CO)CCO. The number of methoxy groups -OCH3 is 1. The number of allylic oxidation sites excluding steroid dienone is 2. The summed E-state index contributed by atoms with van der Waals surface area (Å²) in [5.74, 6) is 1.84. The molecule has 0 bridgehead atoms. The van der Waals surface area contributed by atoms with Crippen molar-refractivity contribution < 1.29 is 33.9 Å². The number of rotatable bonds is 19. The quantitative estimate of drug-likeness (QED) is 0.0578. The molecule has 57 heavy (non-hydrogen) atoms. The van der Waals surface area contributed by atoms with Crippen molar-refractivity contribution >= 4 is 23.1 Å². The number of nitrogens with zero attached hydrogens (tertiary/aromatic N) is 5. The molecule has 2 aliphatic rings. The molecule has 2 heterocycles. The number of benzene rings is 3. The van der Waals surface area contributed by atoms with Gasteiger partial charge in [0.2, 0.25) is 0 Å². The molecule has 13 nitrogen and oxygen atoms in total. The lowest BCUT2D eigenvalue weighted by atomic mass is 9.94. The van der Waals surface area contributed by atoms with Crippen LogP contribution in [-0.2, 0) is 9.47 Å². The van der Waals surface area contributed by atoms with Crippen LogP contribution in [0.25, 0.3) is 6.08 Å². The first-order chi connectivity index (χ1) is 27.4. The molecular formula is C44H50N6O7. The zero-order chi connectivity index (χ0) is 41.2. The molecule has 0 radical (unpaired) electrons. The van der Waals surface area contributed by atoms with Crippen molar-refractivity contribution in [2.45, 2.75) is 45.3 Å². The van der Waals surface area contributed by atoms with Gasteiger partial charge in [-0.25, -0.2) is 0 Å². The summed E-state index contributed by atoms with van der Waals surface area (Å²) >= 11 is 0. The molecule has 3 aromatic rings. The Kier molecular flexibility index (Phi) is 13.7. The predicted octanol–water partition coefficient (Wildman–Crippen LogP) is 5.75. The largest absolute Gasteiger partial charge is 0.490 e. The molecule has 1 unspecified atom stereocenters. The van der Waals surface area contributed by atoms with E-state index in [0.717, 1.165) is 28.1 Å². The zero-order valence-corrected chi connectivity index (χ0v) is 33.2. The average Bonchev–Trinajstić information content (AvgIpc) is 3.84. The average molecular weight is 775 g/mol. The van der Waals surface area contributed by atoms with Crippen LogP contribution in [0.5, 0.6) is 17.2 Å². The topological polar surface area (TPSA) is 190 Å². The summed E-state index contributed by atoms with van der Waals surface area (Å²) in [5.41, 5.74) is 10.2. The highest BCUT2D eigenvalue weighted by Gasteiger charge is 2.52. The van der Waals surface area contributed by atoms with E-state index in [0.29, 0.717) is 74.4 Å². The van der Waals surface area contributed by atoms with Gasteiger partial charge < -0.3 is 49.4 Å². The Hall–Kier alpha value is -6.17. The molecule has 1 fully saturated rings. The van der Waals surface area contributed by atoms with E-state index in [9.17, 15) is 26.0 Å². The molecule has 13 heteroatoms. The van der Waals surface area contributed by atoms with Crippen LogP contribution >= 0.6 is 0 Å². The maximum atomic E-state index is 10.2. The van der Waals surface area contributed by atoms with Gasteiger partial charge in [-0.05, 0) is 87.2 Å². The summed E-state index contributed by atoms with van der Waals surface area (Å²) in [6, 6.07) is 23.2. The monoisotopic (exact) mass is 774 g/mol. The van der Waals surface area contributed by atoms with E-state index in [4.69, 9.17) is 29.4 Å². The second-order valence-corrected chi connectivity index (χ2v) is 14.5. The molecule has 5 rings (SSSR count). The smallest absolute Gasteiger partial charge is 0.172 e. The highest BCUT2D eigenvalue weighted by molar-refractivity contribution is 5.69. The number of nitrogen functional groups attached to an aromatic ring is 1. The fraction of sp³-hybridized carbons (Fsp3) is 0.386. The van der Waals surface area contributed by atoms with Gasteiger partial charge in [-0.3, -0.25) is 0 Å². The number of nitrogens with two attached hydrogens (primary N) is 1. The highest BCUT2D eigenvalue weighted by atomic mass is 16.5. The number of ether oxygens (including phenoxy) is 5. The van der Waals surface area contributed by atoms with Gasteiger partial charge in [0.25, 0.3) is 0 Å². The summed E-state index contributed by atoms with van der Waals surface area (Å²) < 4.78 is 30.2. The highest BCUT2D eigenvalue weighted by Crippen LogP contribution is 2.45. The molecule has 0 amide bonds. The van der Waals surface area contributed by atoms with Crippen LogP contribution in [0.3, 0.4) is 0 Å². The second-order valence-electron chi connectivity index (χ2n) is 14.5. The Balaban J connectivity index is 1.46. The molecule has 0 aromatic heterocycles. The number of hydrogen-bond donors (Lipinski definition) is 3.